The molecule has 0 aliphatic carbocycles. The summed E-state index contributed by atoms with van der Waals surface area (Å²) in [6.07, 6.45) is 2.23. The molecule has 0 radical (unpaired) electrons. The fourth-order valence-electron chi connectivity index (χ4n) is 3.40. The van der Waals surface area contributed by atoms with E-state index in [1.165, 1.54) is 6.07 Å². The van der Waals surface area contributed by atoms with Gasteiger partial charge in [-0.3, -0.25) is 9.48 Å². The number of aryl methyl sites for hydroxylation is 1. The molecule has 0 atom stereocenters. The van der Waals surface area contributed by atoms with E-state index >= 15 is 0 Å². The third kappa shape index (κ3) is 4.20. The number of carboxylic acids is 1. The van der Waals surface area contributed by atoms with Crippen LogP contribution >= 0.6 is 0 Å². The van der Waals surface area contributed by atoms with E-state index in [-0.39, 0.29) is 11.3 Å². The fourth-order valence-corrected chi connectivity index (χ4v) is 3.40. The van der Waals surface area contributed by atoms with Crippen molar-refractivity contribution in [1.29, 1.82) is 0 Å². The number of benzene rings is 2. The van der Waals surface area contributed by atoms with Gasteiger partial charge in [0, 0.05) is 42.9 Å². The van der Waals surface area contributed by atoms with E-state index < -0.39 is 28.9 Å². The van der Waals surface area contributed by atoms with Crippen LogP contribution in [0.5, 0.6) is 17.2 Å². The van der Waals surface area contributed by atoms with E-state index in [1.54, 1.807) is 36.1 Å². The SMILES string of the molecule is Cn1ccc(NC(=O)c2cc(Oc3ccc(C(=O)O)c(F)c3)c3c(c2)OC(C)(C)C3)n1. The predicted molar refractivity (Wildman–Crippen MR) is 109 cm³/mol. The van der Waals surface area contributed by atoms with Gasteiger partial charge in [0.2, 0.25) is 0 Å². The molecule has 2 heterocycles. The van der Waals surface area contributed by atoms with E-state index in [0.717, 1.165) is 17.7 Å². The van der Waals surface area contributed by atoms with Crippen molar-refractivity contribution < 1.29 is 28.6 Å². The molecule has 2 aromatic carbocycles. The van der Waals surface area contributed by atoms with Gasteiger partial charge in [-0.2, -0.15) is 5.10 Å². The van der Waals surface area contributed by atoms with Crippen LogP contribution in [-0.4, -0.2) is 32.4 Å². The number of hydrogen-bond acceptors (Lipinski definition) is 5. The molecule has 1 amide bonds. The molecular formula is C22H20FN3O5. The molecule has 1 aliphatic heterocycles. The summed E-state index contributed by atoms with van der Waals surface area (Å²) in [5, 5.41) is 15.8. The topological polar surface area (TPSA) is 103 Å². The third-order valence-electron chi connectivity index (χ3n) is 4.77. The Morgan fingerprint density at radius 2 is 2.03 bits per heavy atom. The van der Waals surface area contributed by atoms with E-state index in [9.17, 15) is 14.0 Å². The Labute approximate surface area is 177 Å². The number of fused-ring (bicyclic) bond motifs is 1. The van der Waals surface area contributed by atoms with Crippen molar-refractivity contribution in [3.8, 4) is 17.2 Å². The number of amides is 1. The second-order valence-electron chi connectivity index (χ2n) is 7.87. The average molecular weight is 425 g/mol. The zero-order valence-corrected chi connectivity index (χ0v) is 17.1. The Kier molecular flexibility index (Phi) is 4.88. The van der Waals surface area contributed by atoms with Crippen LogP contribution in [0.3, 0.4) is 0 Å². The van der Waals surface area contributed by atoms with Gasteiger partial charge in [0.1, 0.15) is 28.7 Å². The number of aromatic nitrogens is 2. The molecule has 9 heteroatoms. The van der Waals surface area contributed by atoms with Gasteiger partial charge in [0.15, 0.2) is 5.82 Å². The lowest BCUT2D eigenvalue weighted by molar-refractivity contribution is 0.0691. The summed E-state index contributed by atoms with van der Waals surface area (Å²) in [7, 11) is 1.74. The van der Waals surface area contributed by atoms with Crippen molar-refractivity contribution in [3.63, 3.8) is 0 Å². The molecule has 1 aliphatic rings. The molecule has 0 saturated heterocycles. The first-order valence-corrected chi connectivity index (χ1v) is 9.49. The molecule has 31 heavy (non-hydrogen) atoms. The first-order valence-electron chi connectivity index (χ1n) is 9.49. The fraction of sp³-hybridized carbons (Fsp3) is 0.227. The molecular weight excluding hydrogens is 405 g/mol. The normalized spacial score (nSPS) is 13.9. The van der Waals surface area contributed by atoms with Crippen LogP contribution in [0, 0.1) is 5.82 Å². The summed E-state index contributed by atoms with van der Waals surface area (Å²) in [5.41, 5.74) is 0.0574. The summed E-state index contributed by atoms with van der Waals surface area (Å²) in [6.45, 7) is 3.82. The molecule has 0 fully saturated rings. The lowest BCUT2D eigenvalue weighted by atomic mass is 9.99. The summed E-state index contributed by atoms with van der Waals surface area (Å²) >= 11 is 0. The van der Waals surface area contributed by atoms with Gasteiger partial charge in [0.05, 0.1) is 5.56 Å². The number of halogens is 1. The molecule has 0 saturated carbocycles. The van der Waals surface area contributed by atoms with Crippen LogP contribution in [0.25, 0.3) is 0 Å². The smallest absolute Gasteiger partial charge is 0.338 e. The maximum Gasteiger partial charge on any atom is 0.338 e. The quantitative estimate of drug-likeness (QED) is 0.640. The van der Waals surface area contributed by atoms with Crippen LogP contribution in [0.2, 0.25) is 0 Å². The van der Waals surface area contributed by atoms with E-state index in [2.05, 4.69) is 10.4 Å². The standard InChI is InChI=1S/C22H20FN3O5/c1-22(2)11-15-17(30-13-4-5-14(21(28)29)16(23)10-13)8-12(9-18(15)31-22)20(27)24-19-6-7-26(3)25-19/h4-10H,11H2,1-3H3,(H,28,29)(H,24,25,27). The Morgan fingerprint density at radius 1 is 1.26 bits per heavy atom. The maximum atomic E-state index is 14.1. The highest BCUT2D eigenvalue weighted by Gasteiger charge is 2.34. The zero-order chi connectivity index (χ0) is 22.3. The minimum Gasteiger partial charge on any atom is -0.487 e. The largest absolute Gasteiger partial charge is 0.487 e. The molecule has 2 N–H and O–H groups in total. The van der Waals surface area contributed by atoms with Gasteiger partial charge in [-0.15, -0.1) is 0 Å². The molecule has 0 unspecified atom stereocenters. The number of nitrogens with one attached hydrogen (secondary N) is 1. The Hall–Kier alpha value is -3.88. The first kappa shape index (κ1) is 20.4. The lowest BCUT2D eigenvalue weighted by Crippen LogP contribution is -2.24. The van der Waals surface area contributed by atoms with E-state index in [1.807, 2.05) is 13.8 Å². The van der Waals surface area contributed by atoms with Crippen molar-refractivity contribution in [2.24, 2.45) is 7.05 Å². The second kappa shape index (κ2) is 7.42. The van der Waals surface area contributed by atoms with E-state index in [4.69, 9.17) is 14.6 Å². The molecule has 8 nitrogen and oxygen atoms in total. The van der Waals surface area contributed by atoms with Crippen LogP contribution in [-0.2, 0) is 13.5 Å². The van der Waals surface area contributed by atoms with Crippen molar-refractivity contribution in [1.82, 2.24) is 9.78 Å². The highest BCUT2D eigenvalue weighted by molar-refractivity contribution is 6.04. The second-order valence-corrected chi connectivity index (χ2v) is 7.87. The van der Waals surface area contributed by atoms with Crippen molar-refractivity contribution in [2.45, 2.75) is 25.9 Å². The van der Waals surface area contributed by atoms with Gasteiger partial charge in [-0.1, -0.05) is 0 Å². The van der Waals surface area contributed by atoms with Gasteiger partial charge < -0.3 is 19.9 Å². The van der Waals surface area contributed by atoms with Gasteiger partial charge in [-0.05, 0) is 38.1 Å². The maximum absolute atomic E-state index is 14.1. The molecule has 0 spiro atoms. The lowest BCUT2D eigenvalue weighted by Gasteiger charge is -2.16. The minimum atomic E-state index is -1.37. The number of rotatable bonds is 5. The van der Waals surface area contributed by atoms with Crippen LogP contribution in [0.1, 0.15) is 40.1 Å². The summed E-state index contributed by atoms with van der Waals surface area (Å²) in [5.74, 6) is -1.37. The minimum absolute atomic E-state index is 0.108. The Balaban J connectivity index is 1.69. The van der Waals surface area contributed by atoms with Crippen molar-refractivity contribution in [2.75, 3.05) is 5.32 Å². The molecule has 0 bridgehead atoms. The van der Waals surface area contributed by atoms with Crippen LogP contribution in [0.15, 0.2) is 42.6 Å². The molecule has 3 aromatic rings. The number of carbonyl (C=O) groups excluding carboxylic acids is 1. The summed E-state index contributed by atoms with van der Waals surface area (Å²) in [6, 6.07) is 8.33. The van der Waals surface area contributed by atoms with E-state index in [0.29, 0.717) is 23.7 Å². The number of ether oxygens (including phenoxy) is 2. The third-order valence-corrected chi connectivity index (χ3v) is 4.77. The number of carbonyl (C=O) groups is 2. The van der Waals surface area contributed by atoms with Crippen molar-refractivity contribution >= 4 is 17.7 Å². The Morgan fingerprint density at radius 3 is 2.68 bits per heavy atom. The Bertz CT molecular complexity index is 1200. The average Bonchev–Trinajstić information content (AvgIpc) is 3.22. The number of carboxylic acid groups (broad SMARTS) is 1. The number of hydrogen-bond donors (Lipinski definition) is 2. The predicted octanol–water partition coefficient (Wildman–Crippen LogP) is 4.02. The summed E-state index contributed by atoms with van der Waals surface area (Å²) in [4.78, 5) is 23.8. The monoisotopic (exact) mass is 425 g/mol. The van der Waals surface area contributed by atoms with Crippen LogP contribution in [0.4, 0.5) is 10.2 Å². The summed E-state index contributed by atoms with van der Waals surface area (Å²) < 4.78 is 27.5. The van der Waals surface area contributed by atoms with Crippen molar-refractivity contribution in [3.05, 3.63) is 65.1 Å². The zero-order valence-electron chi connectivity index (χ0n) is 17.1. The highest BCUT2D eigenvalue weighted by Crippen LogP contribution is 2.43. The molecule has 160 valence electrons. The number of nitrogens with zero attached hydrogens (tertiary/aromatic N) is 2. The molecule has 1 aromatic heterocycles. The van der Waals surface area contributed by atoms with Gasteiger partial charge in [-0.25, -0.2) is 9.18 Å². The molecule has 4 rings (SSSR count). The van der Waals surface area contributed by atoms with Gasteiger partial charge in [0.25, 0.3) is 5.91 Å². The highest BCUT2D eigenvalue weighted by atomic mass is 19.1. The number of anilines is 1. The number of aromatic carboxylic acids is 1. The van der Waals surface area contributed by atoms with Crippen LogP contribution < -0.4 is 14.8 Å². The van der Waals surface area contributed by atoms with Gasteiger partial charge >= 0.3 is 5.97 Å². The first-order chi connectivity index (χ1) is 14.6.